The number of amides is 4. The molecule has 0 radical (unpaired) electrons. The Morgan fingerprint density at radius 3 is 1.18 bits per heavy atom. The van der Waals surface area contributed by atoms with Crippen molar-refractivity contribution in [1.82, 2.24) is 19.6 Å². The predicted octanol–water partition coefficient (Wildman–Crippen LogP) is 14.9. The molecule has 8 atom stereocenters. The van der Waals surface area contributed by atoms with E-state index in [2.05, 4.69) is 5.32 Å². The van der Waals surface area contributed by atoms with Crippen LogP contribution in [0.2, 0.25) is 0 Å². The number of carbonyl (C=O) groups excluding carboxylic acids is 8. The topological polar surface area (TPSA) is 236 Å². The molecule has 6 heterocycles. The van der Waals surface area contributed by atoms with Crippen LogP contribution in [0.4, 0.5) is 11.4 Å². The number of hydrogen-bond acceptors (Lipinski definition) is 21. The first-order chi connectivity index (χ1) is 54.3. The zero-order valence-electron chi connectivity index (χ0n) is 62.8. The van der Waals surface area contributed by atoms with E-state index in [1.165, 1.54) is 91.1 Å². The summed E-state index contributed by atoms with van der Waals surface area (Å²) in [5.74, 6) is -9.48. The fourth-order valence-corrected chi connectivity index (χ4v) is 31.3. The molecular formula is C86H80N6O14S7. The number of nitrogens with zero attached hydrogens (tertiary/aromatic N) is 5. The Bertz CT molecular complexity index is 5120. The molecule has 6 aliphatic heterocycles. The molecule has 0 saturated carbocycles. The van der Waals surface area contributed by atoms with E-state index in [1.54, 1.807) is 74.5 Å². The summed E-state index contributed by atoms with van der Waals surface area (Å²) in [6, 6.07) is 80.5. The maximum Gasteiger partial charge on any atom is 0.311 e. The minimum absolute atomic E-state index is 0.0411. The molecular weight excluding hydrogens is 1570 g/mol. The molecule has 9 aromatic carbocycles. The highest BCUT2D eigenvalue weighted by atomic mass is 33.5. The monoisotopic (exact) mass is 1640 g/mol. The highest BCUT2D eigenvalue weighted by molar-refractivity contribution is 9.10. The first-order valence-electron chi connectivity index (χ1n) is 36.7. The van der Waals surface area contributed by atoms with Gasteiger partial charge in [-0.25, -0.2) is 12.7 Å². The molecule has 580 valence electrons. The van der Waals surface area contributed by atoms with Crippen LogP contribution in [0.3, 0.4) is 0 Å². The van der Waals surface area contributed by atoms with Gasteiger partial charge in [0.05, 0.1) is 33.2 Å². The predicted molar refractivity (Wildman–Crippen MR) is 442 cm³/mol. The SMILES string of the molecule is CC(=O)OC[C@@]1(OC(=O)C(C)C)C(=O)N2[C@H]3Nc4ccccc4[C@@]3([C@]34C[C@]5(SSSC(c6ccccc6)(c6ccccc6)c6ccccc6)C(=O)N(C)[C@](COC(C)=O)(OC(=O)C(C)C)C(=O)N5[C@H]3N(S(=O)(=O)c3ccccc3)c3ccccc34)C[C@]2(SSSC(c2ccccc2)(c2ccccc2)c2ccccc2)C(=O)N1C. The number of fused-ring (bicyclic) bond motifs is 11. The van der Waals surface area contributed by atoms with Crippen LogP contribution in [0.25, 0.3) is 0 Å². The number of anilines is 2. The summed E-state index contributed by atoms with van der Waals surface area (Å²) in [7, 11) is 4.72. The first-order valence-corrected chi connectivity index (χ1v) is 45.1. The number of hydrogen-bond donors (Lipinski definition) is 1. The lowest BCUT2D eigenvalue weighted by atomic mass is 9.54. The summed E-state index contributed by atoms with van der Waals surface area (Å²) in [6.07, 6.45) is -4.64. The van der Waals surface area contributed by atoms with Gasteiger partial charge in [0.2, 0.25) is 0 Å². The van der Waals surface area contributed by atoms with Crippen LogP contribution in [0.5, 0.6) is 0 Å². The molecule has 0 aromatic heterocycles. The van der Waals surface area contributed by atoms with Crippen molar-refractivity contribution in [3.63, 3.8) is 0 Å². The fraction of sp³-hybridized carbons (Fsp3) is 0.279. The smallest absolute Gasteiger partial charge is 0.311 e. The van der Waals surface area contributed by atoms with Gasteiger partial charge in [0.25, 0.3) is 33.7 Å². The van der Waals surface area contributed by atoms with E-state index in [4.69, 9.17) is 18.9 Å². The van der Waals surface area contributed by atoms with Gasteiger partial charge in [-0.15, -0.1) is 0 Å². The number of sulfonamides is 1. The van der Waals surface area contributed by atoms with Crippen LogP contribution in [0.1, 0.15) is 98.9 Å². The van der Waals surface area contributed by atoms with Crippen molar-refractivity contribution < 1.29 is 65.7 Å². The molecule has 15 rings (SSSR count). The Kier molecular flexibility index (Phi) is 21.1. The van der Waals surface area contributed by atoms with Crippen molar-refractivity contribution in [3.8, 4) is 0 Å². The van der Waals surface area contributed by atoms with Crippen LogP contribution < -0.4 is 9.62 Å². The Morgan fingerprint density at radius 1 is 0.451 bits per heavy atom. The van der Waals surface area contributed by atoms with E-state index < -0.39 is 149 Å². The van der Waals surface area contributed by atoms with Gasteiger partial charge in [0.1, 0.15) is 21.8 Å². The number of carbonyl (C=O) groups is 8. The summed E-state index contributed by atoms with van der Waals surface area (Å²) in [4.78, 5) is 128. The maximum absolute atomic E-state index is 18.1. The highest BCUT2D eigenvalue weighted by Gasteiger charge is 2.88. The van der Waals surface area contributed by atoms with Crippen molar-refractivity contribution in [1.29, 1.82) is 0 Å². The molecule has 0 unspecified atom stereocenters. The van der Waals surface area contributed by atoms with Crippen LogP contribution in [0, 0.1) is 11.8 Å². The standard InChI is InChI=1S/C86H80N6O14S7/c1-56(2)71(95)105-81(54-103-58(5)93)75(97)90-73-79(67-48-30-32-50-69(67)87-73,52-83(90,77(99)88(81)7)107-111-109-85(60-34-16-9-17-35-60,61-36-18-10-19-37-61)62-38-20-11-21-39-62)80-53-84(108-112-110-86(63-40-22-12-23-41-63,64-42-24-13-25-43-64)65-44-26-14-27-45-65)78(100)89(8)82(55-104-59(6)94,106-72(96)57(3)4)76(98)91(84)74(80)92(70-51-33-31-49-68(70)80)113(101,102)66-46-28-15-29-47-66/h9-51,56-57,73-74,87H,52-55H2,1-8H3/t73-,74+,79+,80+,81-,82-,83+,84+/m1/s1. The van der Waals surface area contributed by atoms with E-state index in [0.29, 0.717) is 11.3 Å². The largest absolute Gasteiger partial charge is 0.459 e. The lowest BCUT2D eigenvalue weighted by Gasteiger charge is -2.54. The molecule has 4 fully saturated rings. The highest BCUT2D eigenvalue weighted by Crippen LogP contribution is 2.78. The van der Waals surface area contributed by atoms with E-state index in [9.17, 15) is 19.2 Å². The van der Waals surface area contributed by atoms with E-state index in [0.717, 1.165) is 82.9 Å². The summed E-state index contributed by atoms with van der Waals surface area (Å²) in [5, 5.41) is 3.77. The lowest BCUT2D eigenvalue weighted by Crippen LogP contribution is -2.78. The van der Waals surface area contributed by atoms with Gasteiger partial charge >= 0.3 is 35.3 Å². The summed E-state index contributed by atoms with van der Waals surface area (Å²) >= 11 is 0. The Labute approximate surface area is 679 Å². The van der Waals surface area contributed by atoms with Gasteiger partial charge in [-0.2, -0.15) is 0 Å². The molecule has 1 N–H and O–H groups in total. The van der Waals surface area contributed by atoms with Gasteiger partial charge in [-0.05, 0) is 110 Å². The molecule has 0 spiro atoms. The summed E-state index contributed by atoms with van der Waals surface area (Å²) in [5.41, 5.74) is -3.66. The van der Waals surface area contributed by atoms with Gasteiger partial charge in [-0.3, -0.25) is 58.0 Å². The Hall–Kier alpha value is -9.61. The van der Waals surface area contributed by atoms with E-state index >= 15 is 27.6 Å². The average Bonchev–Trinajstić information content (AvgIpc) is 1.45. The van der Waals surface area contributed by atoms with Crippen LogP contribution in [0.15, 0.2) is 266 Å². The number of nitrogens with one attached hydrogen (secondary N) is 1. The molecule has 4 amide bonds. The summed E-state index contributed by atoms with van der Waals surface area (Å²) < 4.78 is 58.1. The second kappa shape index (κ2) is 30.3. The zero-order valence-corrected chi connectivity index (χ0v) is 68.5. The van der Waals surface area contributed by atoms with Gasteiger partial charge < -0.3 is 24.3 Å². The molecule has 0 bridgehead atoms. The number of likely N-dealkylation sites (N-methyl/N-ethyl adjacent to an activating group) is 2. The third kappa shape index (κ3) is 12.2. The molecule has 20 nitrogen and oxygen atoms in total. The number of piperazine rings is 2. The van der Waals surface area contributed by atoms with Crippen LogP contribution >= 0.6 is 62.8 Å². The number of esters is 4. The molecule has 0 aliphatic carbocycles. The van der Waals surface area contributed by atoms with E-state index in [-0.39, 0.29) is 16.1 Å². The third-order valence-electron chi connectivity index (χ3n) is 22.5. The maximum atomic E-state index is 18.1. The number of rotatable bonds is 25. The fourth-order valence-electron chi connectivity index (χ4n) is 17.3. The number of para-hydroxylation sites is 2. The van der Waals surface area contributed by atoms with Crippen molar-refractivity contribution >= 4 is 132 Å². The number of benzene rings is 9. The zero-order chi connectivity index (χ0) is 79.7. The Morgan fingerprint density at radius 2 is 0.788 bits per heavy atom. The van der Waals surface area contributed by atoms with E-state index in [1.807, 2.05) is 188 Å². The van der Waals surface area contributed by atoms with Crippen molar-refractivity contribution in [2.45, 2.75) is 113 Å². The van der Waals surface area contributed by atoms with Crippen molar-refractivity contribution in [2.75, 3.05) is 36.9 Å². The number of ether oxygens (including phenoxy) is 4. The molecule has 27 heteroatoms. The van der Waals surface area contributed by atoms with Gasteiger partial charge in [-0.1, -0.05) is 286 Å². The molecule has 9 aromatic rings. The second-order valence-electron chi connectivity index (χ2n) is 29.3. The second-order valence-corrected chi connectivity index (χ2v) is 39.9. The van der Waals surface area contributed by atoms with Gasteiger partial charge in [0.15, 0.2) is 23.0 Å². The average molecular weight is 1650 g/mol. The normalized spacial score (nSPS) is 24.2. The van der Waals surface area contributed by atoms with Crippen molar-refractivity contribution in [2.24, 2.45) is 11.8 Å². The minimum atomic E-state index is -5.10. The molecule has 113 heavy (non-hydrogen) atoms. The third-order valence-corrected chi connectivity index (χ3v) is 34.5. The van der Waals surface area contributed by atoms with Crippen LogP contribution in [-0.2, 0) is 87.7 Å². The summed E-state index contributed by atoms with van der Waals surface area (Å²) in [6.45, 7) is 6.35. The van der Waals surface area contributed by atoms with Gasteiger partial charge in [0, 0.05) is 46.5 Å². The first kappa shape index (κ1) is 78.7. The Balaban J connectivity index is 1.04. The van der Waals surface area contributed by atoms with Crippen molar-refractivity contribution in [3.05, 3.63) is 305 Å². The lowest BCUT2D eigenvalue weighted by molar-refractivity contribution is -0.223. The van der Waals surface area contributed by atoms with Crippen LogP contribution in [-0.4, -0.2) is 136 Å². The molecule has 4 saturated heterocycles. The quantitative estimate of drug-likeness (QED) is 0.0242. The molecule has 6 aliphatic rings. The minimum Gasteiger partial charge on any atom is -0.459 e.